The third-order valence-corrected chi connectivity index (χ3v) is 3.85. The fraction of sp³-hybridized carbons (Fsp3) is 0.294. The predicted octanol–water partition coefficient (Wildman–Crippen LogP) is 2.59. The van der Waals surface area contributed by atoms with Crippen molar-refractivity contribution in [3.05, 3.63) is 53.7 Å². The molecular formula is C17H17FN2O3. The van der Waals surface area contributed by atoms with Gasteiger partial charge in [0.2, 0.25) is 11.8 Å². The van der Waals surface area contributed by atoms with Gasteiger partial charge in [0, 0.05) is 24.6 Å². The fourth-order valence-electron chi connectivity index (χ4n) is 2.80. The Balaban J connectivity index is 1.73. The number of halogens is 1. The number of rotatable bonds is 4. The van der Waals surface area contributed by atoms with E-state index in [2.05, 4.69) is 10.6 Å². The molecule has 5 nitrogen and oxygen atoms in total. The van der Waals surface area contributed by atoms with Crippen molar-refractivity contribution in [2.75, 3.05) is 5.32 Å². The van der Waals surface area contributed by atoms with Gasteiger partial charge in [0.05, 0.1) is 12.2 Å². The van der Waals surface area contributed by atoms with Gasteiger partial charge in [-0.25, -0.2) is 4.39 Å². The summed E-state index contributed by atoms with van der Waals surface area (Å²) < 4.78 is 18.6. The Hall–Kier alpha value is -2.63. The number of nitrogens with one attached hydrogen (secondary N) is 2. The molecule has 0 bridgehead atoms. The van der Waals surface area contributed by atoms with Crippen LogP contribution < -0.4 is 10.6 Å². The van der Waals surface area contributed by atoms with Crippen molar-refractivity contribution in [2.45, 2.75) is 31.7 Å². The zero-order valence-electron chi connectivity index (χ0n) is 12.6. The summed E-state index contributed by atoms with van der Waals surface area (Å²) in [6.45, 7) is 1.87. The molecule has 1 aromatic heterocycles. The quantitative estimate of drug-likeness (QED) is 0.911. The van der Waals surface area contributed by atoms with E-state index in [0.29, 0.717) is 17.7 Å². The first-order valence-electron chi connectivity index (χ1n) is 7.45. The highest BCUT2D eigenvalue weighted by molar-refractivity contribution is 6.01. The summed E-state index contributed by atoms with van der Waals surface area (Å²) in [6, 6.07) is 7.57. The standard InChI is InChI=1S/C17H17FN2O3/c1-10(7-12-3-2-6-23-12)19-17(22)14-9-16(21)20-15-8-11(18)4-5-13(14)15/h2-6,8,10,14H,7,9H2,1H3,(H,19,22)(H,20,21). The van der Waals surface area contributed by atoms with E-state index < -0.39 is 11.7 Å². The van der Waals surface area contributed by atoms with Gasteiger partial charge in [-0.05, 0) is 36.8 Å². The Labute approximate surface area is 132 Å². The minimum absolute atomic E-state index is 0.0535. The van der Waals surface area contributed by atoms with Gasteiger partial charge in [0.1, 0.15) is 11.6 Å². The average Bonchev–Trinajstić information content (AvgIpc) is 2.98. The molecule has 0 fully saturated rings. The SMILES string of the molecule is CC(Cc1ccco1)NC(=O)C1CC(=O)Nc2cc(F)ccc21. The summed E-state index contributed by atoms with van der Waals surface area (Å²) in [7, 11) is 0. The minimum atomic E-state index is -0.613. The molecule has 2 N–H and O–H groups in total. The molecule has 3 rings (SSSR count). The Bertz CT molecular complexity index is 727. The van der Waals surface area contributed by atoms with E-state index in [4.69, 9.17) is 4.42 Å². The van der Waals surface area contributed by atoms with Crippen LogP contribution in [0.4, 0.5) is 10.1 Å². The van der Waals surface area contributed by atoms with Gasteiger partial charge in [0.25, 0.3) is 0 Å². The van der Waals surface area contributed by atoms with Crippen LogP contribution in [-0.2, 0) is 16.0 Å². The number of amides is 2. The fourth-order valence-corrected chi connectivity index (χ4v) is 2.80. The minimum Gasteiger partial charge on any atom is -0.469 e. The topological polar surface area (TPSA) is 71.3 Å². The van der Waals surface area contributed by atoms with Gasteiger partial charge in [-0.2, -0.15) is 0 Å². The van der Waals surface area contributed by atoms with E-state index in [0.717, 1.165) is 5.76 Å². The molecule has 1 aliphatic heterocycles. The van der Waals surface area contributed by atoms with Crippen LogP contribution in [0.2, 0.25) is 0 Å². The number of carbonyl (C=O) groups excluding carboxylic acids is 2. The molecule has 1 aromatic carbocycles. The van der Waals surface area contributed by atoms with Gasteiger partial charge in [0.15, 0.2) is 0 Å². The smallest absolute Gasteiger partial charge is 0.228 e. The number of anilines is 1. The molecule has 1 aliphatic rings. The molecular weight excluding hydrogens is 299 g/mol. The third-order valence-electron chi connectivity index (χ3n) is 3.85. The van der Waals surface area contributed by atoms with E-state index in [9.17, 15) is 14.0 Å². The zero-order valence-corrected chi connectivity index (χ0v) is 12.6. The molecule has 2 unspecified atom stereocenters. The van der Waals surface area contributed by atoms with Crippen molar-refractivity contribution in [3.8, 4) is 0 Å². The highest BCUT2D eigenvalue weighted by Gasteiger charge is 2.31. The Kier molecular flexibility index (Phi) is 4.14. The number of fused-ring (bicyclic) bond motifs is 1. The number of hydrogen-bond donors (Lipinski definition) is 2. The molecule has 0 aliphatic carbocycles. The van der Waals surface area contributed by atoms with Crippen LogP contribution in [0, 0.1) is 5.82 Å². The van der Waals surface area contributed by atoms with Crippen LogP contribution in [0.25, 0.3) is 0 Å². The molecule has 120 valence electrons. The maximum Gasteiger partial charge on any atom is 0.228 e. The van der Waals surface area contributed by atoms with E-state index in [1.807, 2.05) is 13.0 Å². The van der Waals surface area contributed by atoms with Crippen LogP contribution in [0.3, 0.4) is 0 Å². The molecule has 23 heavy (non-hydrogen) atoms. The second-order valence-electron chi connectivity index (χ2n) is 5.73. The van der Waals surface area contributed by atoms with Crippen LogP contribution in [0.1, 0.15) is 30.6 Å². The molecule has 6 heteroatoms. The van der Waals surface area contributed by atoms with Crippen LogP contribution in [-0.4, -0.2) is 17.9 Å². The van der Waals surface area contributed by atoms with Crippen LogP contribution in [0.15, 0.2) is 41.0 Å². The monoisotopic (exact) mass is 316 g/mol. The van der Waals surface area contributed by atoms with E-state index >= 15 is 0 Å². The molecule has 0 saturated carbocycles. The first kappa shape index (κ1) is 15.3. The Morgan fingerprint density at radius 1 is 1.48 bits per heavy atom. The summed E-state index contributed by atoms with van der Waals surface area (Å²) in [5.74, 6) is -0.815. The first-order chi connectivity index (χ1) is 11.0. The summed E-state index contributed by atoms with van der Waals surface area (Å²) in [6.07, 6.45) is 2.20. The van der Waals surface area contributed by atoms with Crippen LogP contribution >= 0.6 is 0 Å². The maximum atomic E-state index is 13.3. The summed E-state index contributed by atoms with van der Waals surface area (Å²) in [5, 5.41) is 5.49. The number of furan rings is 1. The molecule has 2 aromatic rings. The maximum absolute atomic E-state index is 13.3. The highest BCUT2D eigenvalue weighted by Crippen LogP contribution is 2.32. The lowest BCUT2D eigenvalue weighted by Crippen LogP contribution is -2.40. The van der Waals surface area contributed by atoms with Crippen molar-refractivity contribution >= 4 is 17.5 Å². The Morgan fingerprint density at radius 2 is 2.30 bits per heavy atom. The molecule has 0 saturated heterocycles. The average molecular weight is 316 g/mol. The zero-order chi connectivity index (χ0) is 16.4. The lowest BCUT2D eigenvalue weighted by molar-refractivity contribution is -0.126. The van der Waals surface area contributed by atoms with E-state index in [1.165, 1.54) is 12.1 Å². The lowest BCUT2D eigenvalue weighted by atomic mass is 9.89. The second-order valence-corrected chi connectivity index (χ2v) is 5.73. The lowest BCUT2D eigenvalue weighted by Gasteiger charge is -2.26. The molecule has 0 spiro atoms. The molecule has 2 atom stereocenters. The second kappa shape index (κ2) is 6.24. The van der Waals surface area contributed by atoms with E-state index in [-0.39, 0.29) is 24.3 Å². The van der Waals surface area contributed by atoms with Crippen LogP contribution in [0.5, 0.6) is 0 Å². The number of hydrogen-bond acceptors (Lipinski definition) is 3. The van der Waals surface area contributed by atoms with Gasteiger partial charge < -0.3 is 15.1 Å². The molecule has 0 radical (unpaired) electrons. The van der Waals surface area contributed by atoms with Crippen molar-refractivity contribution in [3.63, 3.8) is 0 Å². The number of carbonyl (C=O) groups is 2. The van der Waals surface area contributed by atoms with E-state index in [1.54, 1.807) is 18.4 Å². The van der Waals surface area contributed by atoms with Crippen molar-refractivity contribution in [1.82, 2.24) is 5.32 Å². The van der Waals surface area contributed by atoms with Crippen molar-refractivity contribution < 1.29 is 18.4 Å². The Morgan fingerprint density at radius 3 is 3.04 bits per heavy atom. The normalized spacial score (nSPS) is 18.0. The van der Waals surface area contributed by atoms with Crippen molar-refractivity contribution in [1.29, 1.82) is 0 Å². The molecule has 2 amide bonds. The highest BCUT2D eigenvalue weighted by atomic mass is 19.1. The largest absolute Gasteiger partial charge is 0.469 e. The third kappa shape index (κ3) is 3.41. The summed E-state index contributed by atoms with van der Waals surface area (Å²) in [5.41, 5.74) is 0.994. The number of benzene rings is 1. The molecule has 2 heterocycles. The summed E-state index contributed by atoms with van der Waals surface area (Å²) in [4.78, 5) is 24.3. The predicted molar refractivity (Wildman–Crippen MR) is 82.4 cm³/mol. The summed E-state index contributed by atoms with van der Waals surface area (Å²) >= 11 is 0. The van der Waals surface area contributed by atoms with Gasteiger partial charge in [-0.1, -0.05) is 6.07 Å². The first-order valence-corrected chi connectivity index (χ1v) is 7.45. The van der Waals surface area contributed by atoms with Gasteiger partial charge in [-0.15, -0.1) is 0 Å². The van der Waals surface area contributed by atoms with Gasteiger partial charge in [-0.3, -0.25) is 9.59 Å². The van der Waals surface area contributed by atoms with Gasteiger partial charge >= 0.3 is 0 Å². The van der Waals surface area contributed by atoms with Crippen molar-refractivity contribution in [2.24, 2.45) is 0 Å².